The summed E-state index contributed by atoms with van der Waals surface area (Å²) >= 11 is 1.51. The molecule has 0 spiro atoms. The molecule has 3 nitrogen and oxygen atoms in total. The summed E-state index contributed by atoms with van der Waals surface area (Å²) in [4.78, 5) is 12.7. The van der Waals surface area contributed by atoms with E-state index in [1.165, 1.54) is 11.3 Å². The fourth-order valence-corrected chi connectivity index (χ4v) is 2.47. The molecule has 0 saturated carbocycles. The highest BCUT2D eigenvalue weighted by molar-refractivity contribution is 7.12. The molecule has 1 aromatic rings. The van der Waals surface area contributed by atoms with Gasteiger partial charge in [0.25, 0.3) is 5.91 Å². The number of hydrogen-bond donors (Lipinski definition) is 2. The maximum absolute atomic E-state index is 11.9. The lowest BCUT2D eigenvalue weighted by atomic mass is 10.2. The number of halogens is 1. The average molecular weight is 277 g/mol. The summed E-state index contributed by atoms with van der Waals surface area (Å²) in [5.41, 5.74) is 1.14. The van der Waals surface area contributed by atoms with Gasteiger partial charge in [0.15, 0.2) is 0 Å². The Hall–Kier alpha value is -0.580. The van der Waals surface area contributed by atoms with Crippen molar-refractivity contribution in [3.05, 3.63) is 21.9 Å². The van der Waals surface area contributed by atoms with Crippen LogP contribution in [0.1, 0.15) is 36.0 Å². The number of amides is 1. The van der Waals surface area contributed by atoms with Crippen LogP contribution < -0.4 is 10.6 Å². The molecule has 0 radical (unpaired) electrons. The second kappa shape index (κ2) is 8.50. The number of thiophene rings is 1. The van der Waals surface area contributed by atoms with Crippen LogP contribution in [-0.4, -0.2) is 25.0 Å². The molecular weight excluding hydrogens is 256 g/mol. The molecule has 1 atom stereocenters. The minimum Gasteiger partial charge on any atom is -0.350 e. The predicted molar refractivity (Wildman–Crippen MR) is 76.4 cm³/mol. The second-order valence-electron chi connectivity index (χ2n) is 3.80. The van der Waals surface area contributed by atoms with Crippen molar-refractivity contribution >= 4 is 29.7 Å². The van der Waals surface area contributed by atoms with Crippen LogP contribution in [-0.2, 0) is 6.42 Å². The molecule has 0 saturated heterocycles. The van der Waals surface area contributed by atoms with Gasteiger partial charge < -0.3 is 10.6 Å². The molecule has 0 unspecified atom stereocenters. The number of aryl methyl sites for hydroxylation is 1. The van der Waals surface area contributed by atoms with E-state index in [0.717, 1.165) is 23.4 Å². The zero-order valence-electron chi connectivity index (χ0n) is 10.6. The van der Waals surface area contributed by atoms with Gasteiger partial charge >= 0.3 is 0 Å². The van der Waals surface area contributed by atoms with Gasteiger partial charge in [-0.25, -0.2) is 0 Å². The molecule has 17 heavy (non-hydrogen) atoms. The van der Waals surface area contributed by atoms with E-state index in [-0.39, 0.29) is 18.3 Å². The monoisotopic (exact) mass is 276 g/mol. The summed E-state index contributed by atoms with van der Waals surface area (Å²) in [5, 5.41) is 8.19. The van der Waals surface area contributed by atoms with Crippen molar-refractivity contribution < 1.29 is 4.79 Å². The van der Waals surface area contributed by atoms with E-state index in [1.807, 2.05) is 11.4 Å². The highest BCUT2D eigenvalue weighted by Gasteiger charge is 2.12. The van der Waals surface area contributed by atoms with Gasteiger partial charge in [0, 0.05) is 12.6 Å². The average Bonchev–Trinajstić information content (AvgIpc) is 2.74. The largest absolute Gasteiger partial charge is 0.350 e. The lowest BCUT2D eigenvalue weighted by molar-refractivity contribution is 0.0953. The van der Waals surface area contributed by atoms with Gasteiger partial charge in [0.05, 0.1) is 4.88 Å². The Morgan fingerprint density at radius 2 is 2.18 bits per heavy atom. The minimum atomic E-state index is 0. The fraction of sp³-hybridized carbons (Fsp3) is 0.583. The first-order valence-electron chi connectivity index (χ1n) is 5.77. The topological polar surface area (TPSA) is 41.1 Å². The van der Waals surface area contributed by atoms with Crippen molar-refractivity contribution in [3.8, 4) is 0 Å². The predicted octanol–water partition coefficient (Wildman–Crippen LogP) is 2.46. The molecule has 0 aliphatic heterocycles. The maximum Gasteiger partial charge on any atom is 0.261 e. The van der Waals surface area contributed by atoms with E-state index in [1.54, 1.807) is 0 Å². The highest BCUT2D eigenvalue weighted by Crippen LogP contribution is 2.16. The number of hydrogen-bond acceptors (Lipinski definition) is 3. The number of carbonyl (C=O) groups excluding carboxylic acids is 1. The second-order valence-corrected chi connectivity index (χ2v) is 4.71. The zero-order valence-corrected chi connectivity index (χ0v) is 12.2. The van der Waals surface area contributed by atoms with Crippen molar-refractivity contribution in [2.75, 3.05) is 13.1 Å². The van der Waals surface area contributed by atoms with Crippen LogP contribution in [0.3, 0.4) is 0 Å². The van der Waals surface area contributed by atoms with E-state index in [9.17, 15) is 4.79 Å². The third-order valence-electron chi connectivity index (χ3n) is 2.46. The summed E-state index contributed by atoms with van der Waals surface area (Å²) in [7, 11) is 0. The SMILES string of the molecule is CCN[C@H](C)CNC(=O)c1sccc1CC.Cl. The van der Waals surface area contributed by atoms with Gasteiger partial charge in [0.1, 0.15) is 0 Å². The summed E-state index contributed by atoms with van der Waals surface area (Å²) < 4.78 is 0. The lowest BCUT2D eigenvalue weighted by Gasteiger charge is -2.13. The van der Waals surface area contributed by atoms with Gasteiger partial charge in [-0.15, -0.1) is 23.7 Å². The van der Waals surface area contributed by atoms with Crippen LogP contribution in [0.2, 0.25) is 0 Å². The Morgan fingerprint density at radius 1 is 1.47 bits per heavy atom. The molecule has 1 heterocycles. The first kappa shape index (κ1) is 16.4. The Kier molecular flexibility index (Phi) is 8.21. The molecule has 5 heteroatoms. The maximum atomic E-state index is 11.9. The number of likely N-dealkylation sites (N-methyl/N-ethyl adjacent to an activating group) is 1. The number of carbonyl (C=O) groups is 1. The van der Waals surface area contributed by atoms with Gasteiger partial charge in [-0.1, -0.05) is 13.8 Å². The molecular formula is C12H21ClN2OS. The van der Waals surface area contributed by atoms with Gasteiger partial charge in [-0.05, 0) is 36.9 Å². The molecule has 0 aliphatic rings. The molecule has 0 aromatic carbocycles. The fourth-order valence-electron chi connectivity index (χ4n) is 1.56. The lowest BCUT2D eigenvalue weighted by Crippen LogP contribution is -2.38. The summed E-state index contributed by atoms with van der Waals surface area (Å²) in [6.45, 7) is 7.80. The standard InChI is InChI=1S/C12H20N2OS.ClH/c1-4-10-6-7-16-11(10)12(15)14-8-9(3)13-5-2;/h6-7,9,13H,4-5,8H2,1-3H3,(H,14,15);1H/t9-;/m1./s1. The zero-order chi connectivity index (χ0) is 12.0. The number of nitrogens with one attached hydrogen (secondary N) is 2. The van der Waals surface area contributed by atoms with Crippen molar-refractivity contribution in [2.45, 2.75) is 33.2 Å². The van der Waals surface area contributed by atoms with E-state index >= 15 is 0 Å². The van der Waals surface area contributed by atoms with Gasteiger partial charge in [-0.2, -0.15) is 0 Å². The third kappa shape index (κ3) is 5.06. The van der Waals surface area contributed by atoms with Crippen LogP contribution in [0, 0.1) is 0 Å². The van der Waals surface area contributed by atoms with Crippen LogP contribution in [0.15, 0.2) is 11.4 Å². The Morgan fingerprint density at radius 3 is 2.76 bits per heavy atom. The molecule has 1 amide bonds. The molecule has 98 valence electrons. The quantitative estimate of drug-likeness (QED) is 0.838. The summed E-state index contributed by atoms with van der Waals surface area (Å²) in [5.74, 6) is 0.0524. The summed E-state index contributed by atoms with van der Waals surface area (Å²) in [6, 6.07) is 2.34. The van der Waals surface area contributed by atoms with Crippen LogP contribution in [0.25, 0.3) is 0 Å². The van der Waals surface area contributed by atoms with E-state index < -0.39 is 0 Å². The Labute approximate surface area is 113 Å². The molecule has 1 aromatic heterocycles. The van der Waals surface area contributed by atoms with Crippen LogP contribution in [0.5, 0.6) is 0 Å². The highest BCUT2D eigenvalue weighted by atomic mass is 35.5. The van der Waals surface area contributed by atoms with Crippen molar-refractivity contribution in [1.82, 2.24) is 10.6 Å². The van der Waals surface area contributed by atoms with Crippen LogP contribution >= 0.6 is 23.7 Å². The smallest absolute Gasteiger partial charge is 0.261 e. The molecule has 0 aliphatic carbocycles. The van der Waals surface area contributed by atoms with E-state index in [2.05, 4.69) is 31.4 Å². The van der Waals surface area contributed by atoms with Gasteiger partial charge in [0.2, 0.25) is 0 Å². The van der Waals surface area contributed by atoms with Crippen molar-refractivity contribution in [2.24, 2.45) is 0 Å². The van der Waals surface area contributed by atoms with E-state index in [4.69, 9.17) is 0 Å². The van der Waals surface area contributed by atoms with E-state index in [0.29, 0.717) is 12.6 Å². The third-order valence-corrected chi connectivity index (χ3v) is 3.41. The van der Waals surface area contributed by atoms with Crippen molar-refractivity contribution in [3.63, 3.8) is 0 Å². The first-order valence-corrected chi connectivity index (χ1v) is 6.64. The first-order chi connectivity index (χ1) is 7.69. The Bertz CT molecular complexity index is 341. The molecule has 0 bridgehead atoms. The summed E-state index contributed by atoms with van der Waals surface area (Å²) in [6.07, 6.45) is 0.912. The molecule has 1 rings (SSSR count). The van der Waals surface area contributed by atoms with Crippen molar-refractivity contribution in [1.29, 1.82) is 0 Å². The molecule has 0 fully saturated rings. The van der Waals surface area contributed by atoms with Gasteiger partial charge in [-0.3, -0.25) is 4.79 Å². The molecule has 2 N–H and O–H groups in total. The Balaban J connectivity index is 0.00000256. The number of rotatable bonds is 6. The minimum absolute atomic E-state index is 0. The van der Waals surface area contributed by atoms with Crippen LogP contribution in [0.4, 0.5) is 0 Å². The normalized spacial score (nSPS) is 11.7.